The molecule has 1 saturated heterocycles. The number of halogens is 1. The molecule has 0 aromatic heterocycles. The van der Waals surface area contributed by atoms with Gasteiger partial charge in [-0.25, -0.2) is 4.39 Å². The van der Waals surface area contributed by atoms with Crippen LogP contribution in [-0.4, -0.2) is 25.7 Å². The van der Waals surface area contributed by atoms with Crippen molar-refractivity contribution in [2.75, 3.05) is 19.6 Å². The van der Waals surface area contributed by atoms with Crippen molar-refractivity contribution in [1.29, 1.82) is 0 Å². The summed E-state index contributed by atoms with van der Waals surface area (Å²) in [6, 6.07) is 7.28. The first-order valence-electron chi connectivity index (χ1n) is 5.47. The van der Waals surface area contributed by atoms with Gasteiger partial charge in [0.2, 0.25) is 0 Å². The first-order chi connectivity index (χ1) is 7.27. The van der Waals surface area contributed by atoms with Crippen LogP contribution in [0.15, 0.2) is 24.3 Å². The summed E-state index contributed by atoms with van der Waals surface area (Å²) in [7, 11) is 0. The van der Waals surface area contributed by atoms with E-state index in [1.807, 2.05) is 6.07 Å². The normalized spacial score (nSPS) is 23.7. The van der Waals surface area contributed by atoms with Gasteiger partial charge in [-0.15, -0.1) is 0 Å². The third-order valence-corrected chi connectivity index (χ3v) is 3.05. The fourth-order valence-electron chi connectivity index (χ4n) is 2.05. The Bertz CT molecular complexity index is 321. The summed E-state index contributed by atoms with van der Waals surface area (Å²) in [6.45, 7) is 5.10. The molecule has 2 atom stereocenters. The summed E-state index contributed by atoms with van der Waals surface area (Å²) < 4.78 is 13.1. The first kappa shape index (κ1) is 10.6. The Labute approximate surface area is 89.9 Å². The van der Waals surface area contributed by atoms with Crippen molar-refractivity contribution in [3.8, 4) is 0 Å². The average Bonchev–Trinajstić information content (AvgIpc) is 2.29. The van der Waals surface area contributed by atoms with Crippen LogP contribution in [0.25, 0.3) is 0 Å². The highest BCUT2D eigenvalue weighted by atomic mass is 19.1. The van der Waals surface area contributed by atoms with Crippen molar-refractivity contribution >= 4 is 0 Å². The predicted molar refractivity (Wildman–Crippen MR) is 59.5 cm³/mol. The zero-order valence-corrected chi connectivity index (χ0v) is 8.96. The molecule has 0 bridgehead atoms. The van der Waals surface area contributed by atoms with E-state index in [9.17, 15) is 4.39 Å². The fraction of sp³-hybridized carbons (Fsp3) is 0.500. The minimum absolute atomic E-state index is 0.150. The van der Waals surface area contributed by atoms with E-state index in [-0.39, 0.29) is 5.82 Å². The Kier molecular flexibility index (Phi) is 3.34. The summed E-state index contributed by atoms with van der Waals surface area (Å²) in [4.78, 5) is 0. The van der Waals surface area contributed by atoms with E-state index in [2.05, 4.69) is 17.6 Å². The zero-order valence-electron chi connectivity index (χ0n) is 8.96. The lowest BCUT2D eigenvalue weighted by molar-refractivity contribution is 0.377. The smallest absolute Gasteiger partial charge is 0.123 e. The molecule has 2 N–H and O–H groups in total. The summed E-state index contributed by atoms with van der Waals surface area (Å²) in [6.07, 6.45) is 0. The number of benzene rings is 1. The molecule has 1 aliphatic heterocycles. The minimum Gasteiger partial charge on any atom is -0.314 e. The highest BCUT2D eigenvalue weighted by Crippen LogP contribution is 2.20. The van der Waals surface area contributed by atoms with Gasteiger partial charge in [0.05, 0.1) is 0 Å². The standard InChI is InChI=1S/C12H17FN2/c1-9(12-8-14-5-6-15-12)10-3-2-4-11(13)7-10/h2-4,7,9,12,14-15H,5-6,8H2,1H3. The summed E-state index contributed by atoms with van der Waals surface area (Å²) in [5, 5.41) is 6.80. The van der Waals surface area contributed by atoms with Gasteiger partial charge in [-0.2, -0.15) is 0 Å². The maximum absolute atomic E-state index is 13.1. The second-order valence-electron chi connectivity index (χ2n) is 4.11. The maximum atomic E-state index is 13.1. The van der Waals surface area contributed by atoms with Gasteiger partial charge in [-0.3, -0.25) is 0 Å². The molecule has 1 fully saturated rings. The van der Waals surface area contributed by atoms with Crippen molar-refractivity contribution in [2.45, 2.75) is 18.9 Å². The van der Waals surface area contributed by atoms with Crippen LogP contribution >= 0.6 is 0 Å². The van der Waals surface area contributed by atoms with Crippen molar-refractivity contribution in [1.82, 2.24) is 10.6 Å². The molecule has 1 aromatic carbocycles. The van der Waals surface area contributed by atoms with E-state index in [1.165, 1.54) is 6.07 Å². The summed E-state index contributed by atoms with van der Waals surface area (Å²) in [5.74, 6) is 0.191. The Morgan fingerprint density at radius 3 is 2.93 bits per heavy atom. The van der Waals surface area contributed by atoms with Crippen LogP contribution in [0.3, 0.4) is 0 Å². The van der Waals surface area contributed by atoms with Crippen LogP contribution in [0.5, 0.6) is 0 Å². The number of nitrogens with one attached hydrogen (secondary N) is 2. The topological polar surface area (TPSA) is 24.1 Å². The molecule has 1 aliphatic rings. The minimum atomic E-state index is -0.150. The monoisotopic (exact) mass is 208 g/mol. The van der Waals surface area contributed by atoms with Gasteiger partial charge >= 0.3 is 0 Å². The molecule has 0 spiro atoms. The lowest BCUT2D eigenvalue weighted by Gasteiger charge is -2.30. The average molecular weight is 208 g/mol. The second-order valence-corrected chi connectivity index (χ2v) is 4.11. The van der Waals surface area contributed by atoms with Gasteiger partial charge in [-0.1, -0.05) is 19.1 Å². The summed E-state index contributed by atoms with van der Waals surface area (Å²) >= 11 is 0. The maximum Gasteiger partial charge on any atom is 0.123 e. The van der Waals surface area contributed by atoms with E-state index in [0.29, 0.717) is 12.0 Å². The molecule has 0 amide bonds. The molecule has 2 nitrogen and oxygen atoms in total. The lowest BCUT2D eigenvalue weighted by atomic mass is 9.92. The number of hydrogen-bond donors (Lipinski definition) is 2. The van der Waals surface area contributed by atoms with Crippen molar-refractivity contribution in [3.63, 3.8) is 0 Å². The fourth-order valence-corrected chi connectivity index (χ4v) is 2.05. The predicted octanol–water partition coefficient (Wildman–Crippen LogP) is 1.49. The Balaban J connectivity index is 2.08. The van der Waals surface area contributed by atoms with Crippen LogP contribution in [0.2, 0.25) is 0 Å². The molecule has 82 valence electrons. The highest BCUT2D eigenvalue weighted by Gasteiger charge is 2.20. The van der Waals surface area contributed by atoms with Crippen LogP contribution in [0.4, 0.5) is 4.39 Å². The third kappa shape index (κ3) is 2.55. The Morgan fingerprint density at radius 2 is 2.27 bits per heavy atom. The molecule has 15 heavy (non-hydrogen) atoms. The molecule has 1 heterocycles. The van der Waals surface area contributed by atoms with Gasteiger partial charge < -0.3 is 10.6 Å². The van der Waals surface area contributed by atoms with Gasteiger partial charge in [0.25, 0.3) is 0 Å². The van der Waals surface area contributed by atoms with Gasteiger partial charge in [-0.05, 0) is 23.6 Å². The zero-order chi connectivity index (χ0) is 10.7. The van der Waals surface area contributed by atoms with Crippen LogP contribution in [0, 0.1) is 5.82 Å². The van der Waals surface area contributed by atoms with Crippen molar-refractivity contribution < 1.29 is 4.39 Å². The second kappa shape index (κ2) is 4.73. The lowest BCUT2D eigenvalue weighted by Crippen LogP contribution is -2.50. The quantitative estimate of drug-likeness (QED) is 0.769. The molecule has 3 heteroatoms. The molecular weight excluding hydrogens is 191 g/mol. The molecular formula is C12H17FN2. The first-order valence-corrected chi connectivity index (χ1v) is 5.47. The highest BCUT2D eigenvalue weighted by molar-refractivity contribution is 5.22. The van der Waals surface area contributed by atoms with Crippen molar-refractivity contribution in [2.24, 2.45) is 0 Å². The molecule has 0 saturated carbocycles. The van der Waals surface area contributed by atoms with E-state index in [4.69, 9.17) is 0 Å². The number of hydrogen-bond acceptors (Lipinski definition) is 2. The van der Waals surface area contributed by atoms with E-state index in [0.717, 1.165) is 25.2 Å². The molecule has 0 radical (unpaired) electrons. The Morgan fingerprint density at radius 1 is 1.40 bits per heavy atom. The van der Waals surface area contributed by atoms with E-state index < -0.39 is 0 Å². The SMILES string of the molecule is CC(c1cccc(F)c1)C1CNCCN1. The van der Waals surface area contributed by atoms with Gasteiger partial charge in [0, 0.05) is 25.7 Å². The van der Waals surface area contributed by atoms with E-state index in [1.54, 1.807) is 12.1 Å². The van der Waals surface area contributed by atoms with Crippen LogP contribution in [-0.2, 0) is 0 Å². The molecule has 2 unspecified atom stereocenters. The number of piperazine rings is 1. The van der Waals surface area contributed by atoms with Crippen LogP contribution in [0.1, 0.15) is 18.4 Å². The molecule has 1 aromatic rings. The van der Waals surface area contributed by atoms with Crippen molar-refractivity contribution in [3.05, 3.63) is 35.6 Å². The third-order valence-electron chi connectivity index (χ3n) is 3.05. The number of rotatable bonds is 2. The van der Waals surface area contributed by atoms with Gasteiger partial charge in [0.15, 0.2) is 0 Å². The Hall–Kier alpha value is -0.930. The van der Waals surface area contributed by atoms with E-state index >= 15 is 0 Å². The molecule has 0 aliphatic carbocycles. The van der Waals surface area contributed by atoms with Crippen LogP contribution < -0.4 is 10.6 Å². The molecule has 2 rings (SSSR count). The largest absolute Gasteiger partial charge is 0.314 e. The van der Waals surface area contributed by atoms with Gasteiger partial charge in [0.1, 0.15) is 5.82 Å². The summed E-state index contributed by atoms with van der Waals surface area (Å²) in [5.41, 5.74) is 1.07.